The van der Waals surface area contributed by atoms with Gasteiger partial charge < -0.3 is 5.32 Å². The summed E-state index contributed by atoms with van der Waals surface area (Å²) < 4.78 is 14.6. The number of hydrogen-bond donors (Lipinski definition) is 1. The van der Waals surface area contributed by atoms with Crippen LogP contribution in [-0.4, -0.2) is 0 Å². The maximum Gasteiger partial charge on any atom is 0.129 e. The maximum absolute atomic E-state index is 13.7. The Bertz CT molecular complexity index is 652. The van der Waals surface area contributed by atoms with Crippen molar-refractivity contribution < 1.29 is 4.39 Å². The molecule has 2 nitrogen and oxygen atoms in total. The first-order valence-electron chi connectivity index (χ1n) is 5.47. The minimum Gasteiger partial charge on any atom is -0.380 e. The van der Waals surface area contributed by atoms with E-state index in [1.165, 1.54) is 6.07 Å². The molecule has 0 amide bonds. The zero-order chi connectivity index (χ0) is 13.8. The fraction of sp³-hybridized carbons (Fsp3) is 0.0714. The first kappa shape index (κ1) is 13.9. The molecule has 5 heteroatoms. The highest BCUT2D eigenvalue weighted by atomic mass is 79.9. The number of anilines is 1. The van der Waals surface area contributed by atoms with Crippen LogP contribution in [0.5, 0.6) is 0 Å². The van der Waals surface area contributed by atoms with Crippen LogP contribution < -0.4 is 5.32 Å². The molecule has 0 aromatic heterocycles. The molecule has 0 fully saturated rings. The molecule has 2 rings (SSSR count). The first-order valence-corrected chi connectivity index (χ1v) is 6.64. The summed E-state index contributed by atoms with van der Waals surface area (Å²) in [5, 5.41) is 12.3. The third-order valence-corrected chi connectivity index (χ3v) is 3.40. The topological polar surface area (TPSA) is 35.8 Å². The fourth-order valence-corrected chi connectivity index (χ4v) is 2.13. The Morgan fingerprint density at radius 2 is 2.05 bits per heavy atom. The van der Waals surface area contributed by atoms with Crippen LogP contribution in [0.3, 0.4) is 0 Å². The lowest BCUT2D eigenvalue weighted by Crippen LogP contribution is -2.02. The number of nitriles is 1. The van der Waals surface area contributed by atoms with Crippen LogP contribution in [0.2, 0.25) is 5.02 Å². The highest BCUT2D eigenvalue weighted by molar-refractivity contribution is 9.10. The monoisotopic (exact) mass is 338 g/mol. The zero-order valence-corrected chi connectivity index (χ0v) is 12.1. The lowest BCUT2D eigenvalue weighted by atomic mass is 10.1. The Morgan fingerprint density at radius 3 is 2.74 bits per heavy atom. The molecule has 0 unspecified atom stereocenters. The summed E-state index contributed by atoms with van der Waals surface area (Å²) in [7, 11) is 0. The SMILES string of the molecule is N#Cc1ccc(CNc2cc(Br)ccc2Cl)c(F)c1. The van der Waals surface area contributed by atoms with Crippen molar-refractivity contribution in [1.29, 1.82) is 5.26 Å². The summed E-state index contributed by atoms with van der Waals surface area (Å²) in [6, 6.07) is 11.7. The van der Waals surface area contributed by atoms with Crippen molar-refractivity contribution >= 4 is 33.2 Å². The van der Waals surface area contributed by atoms with Gasteiger partial charge in [0.2, 0.25) is 0 Å². The minimum absolute atomic E-state index is 0.299. The van der Waals surface area contributed by atoms with E-state index in [0.29, 0.717) is 22.7 Å². The van der Waals surface area contributed by atoms with Gasteiger partial charge in [0.25, 0.3) is 0 Å². The molecule has 2 aromatic rings. The van der Waals surface area contributed by atoms with Crippen LogP contribution in [0, 0.1) is 17.1 Å². The van der Waals surface area contributed by atoms with E-state index >= 15 is 0 Å². The Morgan fingerprint density at radius 1 is 1.26 bits per heavy atom. The van der Waals surface area contributed by atoms with Gasteiger partial charge in [-0.1, -0.05) is 33.6 Å². The van der Waals surface area contributed by atoms with Crippen LogP contribution in [-0.2, 0) is 6.54 Å². The van der Waals surface area contributed by atoms with Gasteiger partial charge in [-0.15, -0.1) is 0 Å². The number of hydrogen-bond acceptors (Lipinski definition) is 2. The normalized spacial score (nSPS) is 10.0. The van der Waals surface area contributed by atoms with Gasteiger partial charge in [0, 0.05) is 16.6 Å². The van der Waals surface area contributed by atoms with Crippen LogP contribution in [0.25, 0.3) is 0 Å². The summed E-state index contributed by atoms with van der Waals surface area (Å²) in [5.74, 6) is -0.405. The molecule has 0 saturated carbocycles. The van der Waals surface area contributed by atoms with Gasteiger partial charge in [-0.05, 0) is 30.3 Å². The Kier molecular flexibility index (Phi) is 4.41. The van der Waals surface area contributed by atoms with Crippen molar-refractivity contribution in [1.82, 2.24) is 0 Å². The molecule has 1 N–H and O–H groups in total. The molecule has 2 aromatic carbocycles. The van der Waals surface area contributed by atoms with Crippen molar-refractivity contribution in [2.75, 3.05) is 5.32 Å². The summed E-state index contributed by atoms with van der Waals surface area (Å²) in [4.78, 5) is 0. The highest BCUT2D eigenvalue weighted by Gasteiger charge is 2.05. The van der Waals surface area contributed by atoms with E-state index in [1.807, 2.05) is 18.2 Å². The quantitative estimate of drug-likeness (QED) is 0.878. The van der Waals surface area contributed by atoms with E-state index in [2.05, 4.69) is 21.2 Å². The average Bonchev–Trinajstić information content (AvgIpc) is 2.40. The fourth-order valence-electron chi connectivity index (χ4n) is 1.58. The molecule has 0 spiro atoms. The van der Waals surface area contributed by atoms with E-state index in [-0.39, 0.29) is 0 Å². The molecule has 0 atom stereocenters. The number of rotatable bonds is 3. The second kappa shape index (κ2) is 6.05. The van der Waals surface area contributed by atoms with E-state index in [4.69, 9.17) is 16.9 Å². The number of benzene rings is 2. The number of nitrogens with zero attached hydrogens (tertiary/aromatic N) is 1. The number of nitrogens with one attached hydrogen (secondary N) is 1. The second-order valence-electron chi connectivity index (χ2n) is 3.90. The molecule has 0 heterocycles. The van der Waals surface area contributed by atoms with E-state index in [0.717, 1.165) is 10.2 Å². The molecular weight excluding hydrogens is 331 g/mol. The molecule has 0 aliphatic heterocycles. The van der Waals surface area contributed by atoms with Gasteiger partial charge >= 0.3 is 0 Å². The average molecular weight is 340 g/mol. The lowest BCUT2D eigenvalue weighted by molar-refractivity contribution is 0.612. The van der Waals surface area contributed by atoms with Crippen LogP contribution in [0.1, 0.15) is 11.1 Å². The van der Waals surface area contributed by atoms with E-state index < -0.39 is 5.82 Å². The molecular formula is C14H9BrClFN2. The van der Waals surface area contributed by atoms with E-state index in [9.17, 15) is 4.39 Å². The minimum atomic E-state index is -0.405. The molecule has 19 heavy (non-hydrogen) atoms. The van der Waals surface area contributed by atoms with Crippen LogP contribution in [0.4, 0.5) is 10.1 Å². The van der Waals surface area contributed by atoms with Crippen molar-refractivity contribution in [3.8, 4) is 6.07 Å². The third-order valence-electron chi connectivity index (χ3n) is 2.58. The summed E-state index contributed by atoms with van der Waals surface area (Å²) in [6.45, 7) is 0.299. The van der Waals surface area contributed by atoms with Gasteiger partial charge in [-0.2, -0.15) is 5.26 Å². The molecule has 0 bridgehead atoms. The zero-order valence-electron chi connectivity index (χ0n) is 9.75. The summed E-state index contributed by atoms with van der Waals surface area (Å²) >= 11 is 9.38. The van der Waals surface area contributed by atoms with Gasteiger partial charge in [0.05, 0.1) is 22.3 Å². The van der Waals surface area contributed by atoms with Crippen LogP contribution in [0.15, 0.2) is 40.9 Å². The molecule has 96 valence electrons. The standard InChI is InChI=1S/C14H9BrClFN2/c15-11-3-4-12(16)14(6-11)19-8-10-2-1-9(7-18)5-13(10)17/h1-6,19H,8H2. The van der Waals surface area contributed by atoms with Gasteiger partial charge in [-0.3, -0.25) is 0 Å². The Labute approximate surface area is 123 Å². The van der Waals surface area contributed by atoms with Crippen molar-refractivity contribution in [3.63, 3.8) is 0 Å². The summed E-state index contributed by atoms with van der Waals surface area (Å²) in [5.41, 5.74) is 1.51. The van der Waals surface area contributed by atoms with Crippen molar-refractivity contribution in [3.05, 3.63) is 62.8 Å². The van der Waals surface area contributed by atoms with Crippen molar-refractivity contribution in [2.45, 2.75) is 6.54 Å². The second-order valence-corrected chi connectivity index (χ2v) is 5.22. The Hall–Kier alpha value is -1.57. The van der Waals surface area contributed by atoms with Gasteiger partial charge in [-0.25, -0.2) is 4.39 Å². The van der Waals surface area contributed by atoms with E-state index in [1.54, 1.807) is 18.2 Å². The maximum atomic E-state index is 13.7. The van der Waals surface area contributed by atoms with Gasteiger partial charge in [0.1, 0.15) is 5.82 Å². The molecule has 0 aliphatic carbocycles. The van der Waals surface area contributed by atoms with Gasteiger partial charge in [0.15, 0.2) is 0 Å². The smallest absolute Gasteiger partial charge is 0.129 e. The molecule has 0 saturated heterocycles. The largest absolute Gasteiger partial charge is 0.380 e. The molecule has 0 aliphatic rings. The molecule has 0 radical (unpaired) electrons. The lowest BCUT2D eigenvalue weighted by Gasteiger charge is -2.09. The number of halogens is 3. The first-order chi connectivity index (χ1) is 9.10. The predicted molar refractivity (Wildman–Crippen MR) is 77.6 cm³/mol. The van der Waals surface area contributed by atoms with Crippen molar-refractivity contribution in [2.24, 2.45) is 0 Å². The third kappa shape index (κ3) is 3.46. The Balaban J connectivity index is 2.15. The summed E-state index contributed by atoms with van der Waals surface area (Å²) in [6.07, 6.45) is 0. The highest BCUT2D eigenvalue weighted by Crippen LogP contribution is 2.26. The van der Waals surface area contributed by atoms with Crippen LogP contribution >= 0.6 is 27.5 Å². The predicted octanol–water partition coefficient (Wildman–Crippen LogP) is 4.73.